The van der Waals surface area contributed by atoms with E-state index < -0.39 is 18.3 Å². The van der Waals surface area contributed by atoms with Crippen molar-refractivity contribution in [2.75, 3.05) is 36.3 Å². The van der Waals surface area contributed by atoms with Crippen LogP contribution in [0.25, 0.3) is 0 Å². The van der Waals surface area contributed by atoms with Crippen LogP contribution in [0.1, 0.15) is 52.4 Å². The molecule has 0 aliphatic heterocycles. The Morgan fingerprint density at radius 1 is 0.690 bits per heavy atom. The Kier molecular flexibility index (Phi) is 11.4. The lowest BCUT2D eigenvalue weighted by molar-refractivity contribution is 0.158. The predicted molar refractivity (Wildman–Crippen MR) is 105 cm³/mol. The fourth-order valence-corrected chi connectivity index (χ4v) is 1.97. The number of methoxy groups -OCH3 is 1. The number of carbonyl (C=O) groups is 3. The quantitative estimate of drug-likeness (QED) is 0.366. The largest absolute Gasteiger partial charge is 0.453 e. The van der Waals surface area contributed by atoms with Gasteiger partial charge in [-0.3, -0.25) is 16.0 Å². The molecule has 29 heavy (non-hydrogen) atoms. The highest BCUT2D eigenvalue weighted by molar-refractivity contribution is 5.86. The number of ether oxygens (including phenoxy) is 3. The van der Waals surface area contributed by atoms with E-state index in [-0.39, 0.29) is 31.1 Å². The van der Waals surface area contributed by atoms with Gasteiger partial charge < -0.3 is 14.2 Å². The van der Waals surface area contributed by atoms with Crippen molar-refractivity contribution in [1.29, 1.82) is 0 Å². The van der Waals surface area contributed by atoms with E-state index in [0.717, 1.165) is 45.6 Å². The molecule has 0 radical (unpaired) electrons. The van der Waals surface area contributed by atoms with E-state index in [1.807, 2.05) is 13.8 Å². The van der Waals surface area contributed by atoms with Gasteiger partial charge in [-0.2, -0.15) is 15.0 Å². The smallest absolute Gasteiger partial charge is 0.414 e. The molecule has 1 aromatic rings. The average Bonchev–Trinajstić information content (AvgIpc) is 2.68. The fourth-order valence-electron chi connectivity index (χ4n) is 1.97. The van der Waals surface area contributed by atoms with Crippen LogP contribution >= 0.6 is 0 Å². The molecule has 0 fully saturated rings. The number of aromatic nitrogens is 3. The van der Waals surface area contributed by atoms with Gasteiger partial charge in [0.15, 0.2) is 0 Å². The lowest BCUT2D eigenvalue weighted by Gasteiger charge is -2.10. The molecule has 3 amide bonds. The highest BCUT2D eigenvalue weighted by Crippen LogP contribution is 2.11. The molecule has 0 saturated heterocycles. The molecule has 1 rings (SSSR count). The van der Waals surface area contributed by atoms with Gasteiger partial charge in [0, 0.05) is 0 Å². The van der Waals surface area contributed by atoms with E-state index in [0.29, 0.717) is 0 Å². The maximum Gasteiger partial charge on any atom is 0.414 e. The Bertz CT molecular complexity index is 628. The van der Waals surface area contributed by atoms with Gasteiger partial charge >= 0.3 is 18.3 Å². The number of unbranched alkanes of at least 4 members (excludes halogenated alkanes) is 4. The summed E-state index contributed by atoms with van der Waals surface area (Å²) in [5, 5.41) is 6.86. The molecule has 0 aromatic carbocycles. The summed E-state index contributed by atoms with van der Waals surface area (Å²) in [5.74, 6) is -0.698. The normalized spacial score (nSPS) is 10.0. The lowest BCUT2D eigenvalue weighted by Crippen LogP contribution is -2.22. The molecule has 0 atom stereocenters. The zero-order valence-electron chi connectivity index (χ0n) is 16.9. The molecule has 0 unspecified atom stereocenters. The molecular formula is C17H28N6O6. The molecule has 3 N–H and O–H groups in total. The second-order valence-corrected chi connectivity index (χ2v) is 5.86. The third kappa shape index (κ3) is 10.7. The Labute approximate surface area is 169 Å². The van der Waals surface area contributed by atoms with Crippen LogP contribution in [0.3, 0.4) is 0 Å². The topological polar surface area (TPSA) is 154 Å². The molecular weight excluding hydrogens is 384 g/mol. The first kappa shape index (κ1) is 23.9. The number of hydrogen-bond donors (Lipinski definition) is 3. The molecule has 0 aliphatic carbocycles. The molecule has 1 aromatic heterocycles. The molecule has 0 aliphatic rings. The van der Waals surface area contributed by atoms with Gasteiger partial charge in [-0.25, -0.2) is 14.4 Å². The van der Waals surface area contributed by atoms with Crippen molar-refractivity contribution in [1.82, 2.24) is 15.0 Å². The zero-order valence-corrected chi connectivity index (χ0v) is 16.9. The number of carbonyl (C=O) groups excluding carboxylic acids is 3. The SMILES string of the molecule is CCCCCOC(=O)Nc1nc(NC(=O)OC)nc(NC(=O)OCCCCC)n1. The summed E-state index contributed by atoms with van der Waals surface area (Å²) in [6, 6.07) is 0. The summed E-state index contributed by atoms with van der Waals surface area (Å²) in [6.07, 6.45) is 2.92. The average molecular weight is 412 g/mol. The van der Waals surface area contributed by atoms with E-state index in [2.05, 4.69) is 35.6 Å². The maximum absolute atomic E-state index is 11.8. The number of nitrogens with one attached hydrogen (secondary N) is 3. The van der Waals surface area contributed by atoms with Gasteiger partial charge in [-0.1, -0.05) is 39.5 Å². The summed E-state index contributed by atoms with van der Waals surface area (Å²) in [4.78, 5) is 46.7. The van der Waals surface area contributed by atoms with Crippen molar-refractivity contribution >= 4 is 36.1 Å². The van der Waals surface area contributed by atoms with Gasteiger partial charge in [0.05, 0.1) is 20.3 Å². The molecule has 0 spiro atoms. The minimum absolute atomic E-state index is 0.229. The first-order chi connectivity index (χ1) is 14.0. The predicted octanol–water partition coefficient (Wildman–Crippen LogP) is 3.53. The summed E-state index contributed by atoms with van der Waals surface area (Å²) in [6.45, 7) is 4.55. The third-order valence-electron chi connectivity index (χ3n) is 3.42. The van der Waals surface area contributed by atoms with Crippen LogP contribution in [0.2, 0.25) is 0 Å². The molecule has 162 valence electrons. The van der Waals surface area contributed by atoms with Gasteiger partial charge in [0.1, 0.15) is 0 Å². The number of hydrogen-bond acceptors (Lipinski definition) is 9. The number of rotatable bonds is 11. The highest BCUT2D eigenvalue weighted by Gasteiger charge is 2.14. The monoisotopic (exact) mass is 412 g/mol. The third-order valence-corrected chi connectivity index (χ3v) is 3.42. The van der Waals surface area contributed by atoms with Crippen LogP contribution in [-0.4, -0.2) is 53.6 Å². The maximum atomic E-state index is 11.8. The summed E-state index contributed by atoms with van der Waals surface area (Å²) in [5.41, 5.74) is 0. The summed E-state index contributed by atoms with van der Waals surface area (Å²) >= 11 is 0. The summed E-state index contributed by atoms with van der Waals surface area (Å²) < 4.78 is 14.5. The molecule has 12 nitrogen and oxygen atoms in total. The van der Waals surface area contributed by atoms with E-state index in [1.54, 1.807) is 0 Å². The van der Waals surface area contributed by atoms with Crippen molar-refractivity contribution in [2.24, 2.45) is 0 Å². The van der Waals surface area contributed by atoms with Crippen LogP contribution in [0.4, 0.5) is 32.2 Å². The number of amides is 3. The van der Waals surface area contributed by atoms with Crippen LogP contribution in [0.5, 0.6) is 0 Å². The number of nitrogens with zero attached hydrogens (tertiary/aromatic N) is 3. The van der Waals surface area contributed by atoms with Crippen LogP contribution in [0, 0.1) is 0 Å². The zero-order chi connectivity index (χ0) is 21.5. The van der Waals surface area contributed by atoms with Crippen LogP contribution in [-0.2, 0) is 14.2 Å². The van der Waals surface area contributed by atoms with Crippen molar-refractivity contribution in [3.05, 3.63) is 0 Å². The van der Waals surface area contributed by atoms with E-state index in [9.17, 15) is 14.4 Å². The molecule has 12 heteroatoms. The Morgan fingerprint density at radius 3 is 1.41 bits per heavy atom. The van der Waals surface area contributed by atoms with Crippen molar-refractivity contribution in [3.8, 4) is 0 Å². The minimum Gasteiger partial charge on any atom is -0.453 e. The second-order valence-electron chi connectivity index (χ2n) is 5.86. The minimum atomic E-state index is -0.836. The van der Waals surface area contributed by atoms with Crippen LogP contribution in [0.15, 0.2) is 0 Å². The Morgan fingerprint density at radius 2 is 1.07 bits per heavy atom. The molecule has 1 heterocycles. The van der Waals surface area contributed by atoms with Gasteiger partial charge in [-0.05, 0) is 12.8 Å². The highest BCUT2D eigenvalue weighted by atomic mass is 16.6. The van der Waals surface area contributed by atoms with Gasteiger partial charge in [0.2, 0.25) is 17.8 Å². The first-order valence-corrected chi connectivity index (χ1v) is 9.47. The van der Waals surface area contributed by atoms with E-state index in [4.69, 9.17) is 9.47 Å². The lowest BCUT2D eigenvalue weighted by atomic mass is 10.3. The first-order valence-electron chi connectivity index (χ1n) is 9.47. The van der Waals surface area contributed by atoms with Gasteiger partial charge in [-0.15, -0.1) is 0 Å². The van der Waals surface area contributed by atoms with Gasteiger partial charge in [0.25, 0.3) is 0 Å². The molecule has 0 saturated carbocycles. The van der Waals surface area contributed by atoms with E-state index in [1.165, 1.54) is 0 Å². The standard InChI is InChI=1S/C17H28N6O6/c1-4-6-8-10-28-16(25)22-13-18-12(21-15(24)27-3)19-14(20-13)23-17(26)29-11-9-7-5-2/h4-11H2,1-3H3,(H3,18,19,20,21,22,23,24,25,26). The fraction of sp³-hybridized carbons (Fsp3) is 0.647. The summed E-state index contributed by atoms with van der Waals surface area (Å²) in [7, 11) is 1.16. The Hall–Kier alpha value is -3.18. The second kappa shape index (κ2) is 13.9. The van der Waals surface area contributed by atoms with Crippen molar-refractivity contribution in [2.45, 2.75) is 52.4 Å². The number of anilines is 3. The van der Waals surface area contributed by atoms with E-state index >= 15 is 0 Å². The van der Waals surface area contributed by atoms with Crippen molar-refractivity contribution in [3.63, 3.8) is 0 Å². The van der Waals surface area contributed by atoms with Crippen LogP contribution < -0.4 is 16.0 Å². The molecule has 0 bridgehead atoms. The Balaban J connectivity index is 2.76. The van der Waals surface area contributed by atoms with Crippen molar-refractivity contribution < 1.29 is 28.6 Å².